The van der Waals surface area contributed by atoms with Crippen molar-refractivity contribution in [1.29, 1.82) is 0 Å². The first-order valence-corrected chi connectivity index (χ1v) is 28.1. The van der Waals surface area contributed by atoms with E-state index in [0.717, 1.165) is 44.9 Å². The average molecular weight is 895 g/mol. The fourth-order valence-electron chi connectivity index (χ4n) is 7.93. The molecule has 366 valence electrons. The van der Waals surface area contributed by atoms with Crippen molar-refractivity contribution in [3.63, 3.8) is 0 Å². The summed E-state index contributed by atoms with van der Waals surface area (Å²) in [6.45, 7) is 4.14. The Morgan fingerprint density at radius 2 is 0.855 bits per heavy atom. The lowest BCUT2D eigenvalue weighted by Crippen LogP contribution is -2.45. The summed E-state index contributed by atoms with van der Waals surface area (Å²) in [5.41, 5.74) is 5.39. The standard InChI is InChI=1S/C53H103N2O6P/c1-3-5-7-9-11-13-15-17-19-21-23-25-26-27-29-31-33-35-37-39-41-43-45-47-53(57)55-51(50-61-62(58,59)60-49-48-54)52(56)46-44-42-40-38-36-34-32-30-28-24-22-20-18-16-14-12-10-8-6-4-2/h28,30,36,38,44,46,51-52,56H,3-27,29,31-35,37,39-43,45,47-50,54H2,1-2H3,(H,55,57)(H,58,59)/b30-28+,38-36+,46-44+. The van der Waals surface area contributed by atoms with Crippen molar-refractivity contribution in [3.05, 3.63) is 36.5 Å². The average Bonchev–Trinajstić information content (AvgIpc) is 3.26. The number of aliphatic hydroxyl groups excluding tert-OH is 1. The molecule has 0 aromatic carbocycles. The molecule has 5 N–H and O–H groups in total. The van der Waals surface area contributed by atoms with E-state index in [9.17, 15) is 19.4 Å². The van der Waals surface area contributed by atoms with Crippen LogP contribution in [0.1, 0.15) is 264 Å². The van der Waals surface area contributed by atoms with Crippen LogP contribution < -0.4 is 11.1 Å². The minimum atomic E-state index is -4.36. The molecule has 0 bridgehead atoms. The number of phosphoric ester groups is 1. The van der Waals surface area contributed by atoms with Crippen LogP contribution in [0.3, 0.4) is 0 Å². The van der Waals surface area contributed by atoms with Gasteiger partial charge in [0.05, 0.1) is 25.4 Å². The molecule has 0 rings (SSSR count). The molecule has 9 heteroatoms. The highest BCUT2D eigenvalue weighted by Crippen LogP contribution is 2.43. The van der Waals surface area contributed by atoms with E-state index in [-0.39, 0.29) is 25.7 Å². The normalized spacial score (nSPS) is 14.1. The zero-order valence-corrected chi connectivity index (χ0v) is 41.8. The number of nitrogens with two attached hydrogens (primary N) is 1. The molecule has 62 heavy (non-hydrogen) atoms. The molecule has 0 aromatic rings. The van der Waals surface area contributed by atoms with Gasteiger partial charge in [-0.05, 0) is 44.9 Å². The topological polar surface area (TPSA) is 131 Å². The summed E-state index contributed by atoms with van der Waals surface area (Å²) in [5, 5.41) is 13.7. The number of carbonyl (C=O) groups is 1. The van der Waals surface area contributed by atoms with Gasteiger partial charge in [0.15, 0.2) is 0 Å². The number of nitrogens with one attached hydrogen (secondary N) is 1. The summed E-state index contributed by atoms with van der Waals surface area (Å²) >= 11 is 0. The maximum absolute atomic E-state index is 12.8. The third kappa shape index (κ3) is 46.7. The first-order valence-electron chi connectivity index (χ1n) is 26.6. The summed E-state index contributed by atoms with van der Waals surface area (Å²) in [6.07, 6.45) is 60.8. The Bertz CT molecular complexity index is 1070. The van der Waals surface area contributed by atoms with Gasteiger partial charge in [0.1, 0.15) is 0 Å². The minimum absolute atomic E-state index is 0.0730. The third-order valence-electron chi connectivity index (χ3n) is 11.9. The molecule has 0 saturated carbocycles. The maximum Gasteiger partial charge on any atom is 0.472 e. The number of amides is 1. The molecule has 1 amide bonds. The Hall–Kier alpha value is -1.28. The van der Waals surface area contributed by atoms with Crippen molar-refractivity contribution in [2.75, 3.05) is 19.8 Å². The molecular formula is C53H103N2O6P. The van der Waals surface area contributed by atoms with Gasteiger partial charge in [-0.3, -0.25) is 13.8 Å². The Kier molecular flexibility index (Phi) is 48.1. The number of allylic oxidation sites excluding steroid dienone is 5. The first kappa shape index (κ1) is 60.7. The van der Waals surface area contributed by atoms with E-state index in [2.05, 4.69) is 43.5 Å². The van der Waals surface area contributed by atoms with Gasteiger partial charge in [0.25, 0.3) is 0 Å². The Morgan fingerprint density at radius 3 is 1.24 bits per heavy atom. The van der Waals surface area contributed by atoms with Gasteiger partial charge < -0.3 is 21.1 Å². The van der Waals surface area contributed by atoms with Crippen LogP contribution in [-0.2, 0) is 18.4 Å². The molecule has 0 spiro atoms. The van der Waals surface area contributed by atoms with Gasteiger partial charge in [0.2, 0.25) is 5.91 Å². The quantitative estimate of drug-likeness (QED) is 0.0272. The molecule has 0 heterocycles. The van der Waals surface area contributed by atoms with E-state index in [1.165, 1.54) is 199 Å². The number of hydrogen-bond acceptors (Lipinski definition) is 6. The number of carbonyl (C=O) groups excluding carboxylic acids is 1. The van der Waals surface area contributed by atoms with Crippen molar-refractivity contribution < 1.29 is 28.4 Å². The summed E-state index contributed by atoms with van der Waals surface area (Å²) in [5.74, 6) is -0.203. The van der Waals surface area contributed by atoms with Crippen LogP contribution in [0.4, 0.5) is 0 Å². The molecule has 3 unspecified atom stereocenters. The van der Waals surface area contributed by atoms with Crippen molar-refractivity contribution in [3.8, 4) is 0 Å². The van der Waals surface area contributed by atoms with Crippen LogP contribution in [0.15, 0.2) is 36.5 Å². The second-order valence-corrected chi connectivity index (χ2v) is 19.5. The van der Waals surface area contributed by atoms with Crippen molar-refractivity contribution >= 4 is 13.7 Å². The predicted molar refractivity (Wildman–Crippen MR) is 268 cm³/mol. The van der Waals surface area contributed by atoms with Gasteiger partial charge in [-0.1, -0.05) is 249 Å². The molecule has 0 aliphatic heterocycles. The van der Waals surface area contributed by atoms with Gasteiger partial charge in [0, 0.05) is 13.0 Å². The number of phosphoric acid groups is 1. The lowest BCUT2D eigenvalue weighted by molar-refractivity contribution is -0.123. The van der Waals surface area contributed by atoms with E-state index in [1.54, 1.807) is 6.08 Å². The van der Waals surface area contributed by atoms with Gasteiger partial charge in [-0.25, -0.2) is 4.57 Å². The molecule has 8 nitrogen and oxygen atoms in total. The zero-order valence-electron chi connectivity index (χ0n) is 40.9. The summed E-state index contributed by atoms with van der Waals surface area (Å²) in [7, 11) is -4.36. The van der Waals surface area contributed by atoms with E-state index in [4.69, 9.17) is 14.8 Å². The zero-order chi connectivity index (χ0) is 45.3. The van der Waals surface area contributed by atoms with Crippen LogP contribution in [0.5, 0.6) is 0 Å². The largest absolute Gasteiger partial charge is 0.472 e. The first-order chi connectivity index (χ1) is 30.4. The van der Waals surface area contributed by atoms with Crippen LogP contribution in [0, 0.1) is 0 Å². The van der Waals surface area contributed by atoms with E-state index in [1.807, 2.05) is 6.08 Å². The van der Waals surface area contributed by atoms with E-state index in [0.29, 0.717) is 6.42 Å². The Balaban J connectivity index is 4.10. The summed E-state index contributed by atoms with van der Waals surface area (Å²) in [4.78, 5) is 22.8. The fraction of sp³-hybridized carbons (Fsp3) is 0.868. The second-order valence-electron chi connectivity index (χ2n) is 18.1. The van der Waals surface area contributed by atoms with Crippen molar-refractivity contribution in [2.45, 2.75) is 276 Å². The fourth-order valence-corrected chi connectivity index (χ4v) is 8.69. The predicted octanol–water partition coefficient (Wildman–Crippen LogP) is 15.8. The highest BCUT2D eigenvalue weighted by molar-refractivity contribution is 7.47. The monoisotopic (exact) mass is 895 g/mol. The molecule has 0 aliphatic carbocycles. The molecular weight excluding hydrogens is 792 g/mol. The van der Waals surface area contributed by atoms with E-state index >= 15 is 0 Å². The molecule has 3 atom stereocenters. The Morgan fingerprint density at radius 1 is 0.516 bits per heavy atom. The van der Waals surface area contributed by atoms with Gasteiger partial charge in [-0.2, -0.15) is 0 Å². The highest BCUT2D eigenvalue weighted by atomic mass is 31.2. The number of unbranched alkanes of at least 4 members (excludes halogenated alkanes) is 34. The lowest BCUT2D eigenvalue weighted by Gasteiger charge is -2.23. The number of rotatable bonds is 50. The van der Waals surface area contributed by atoms with Gasteiger partial charge >= 0.3 is 7.82 Å². The second kappa shape index (κ2) is 49.2. The molecule has 0 saturated heterocycles. The Labute approximate surface area is 384 Å². The molecule has 0 radical (unpaired) electrons. The molecule has 0 aromatic heterocycles. The molecule has 0 fully saturated rings. The van der Waals surface area contributed by atoms with E-state index < -0.39 is 20.0 Å². The smallest absolute Gasteiger partial charge is 0.387 e. The van der Waals surface area contributed by atoms with Crippen LogP contribution in [0.2, 0.25) is 0 Å². The summed E-state index contributed by atoms with van der Waals surface area (Å²) in [6, 6.07) is -0.882. The highest BCUT2D eigenvalue weighted by Gasteiger charge is 2.26. The maximum atomic E-state index is 12.8. The van der Waals surface area contributed by atoms with Crippen LogP contribution in [0.25, 0.3) is 0 Å². The van der Waals surface area contributed by atoms with Gasteiger partial charge in [-0.15, -0.1) is 0 Å². The summed E-state index contributed by atoms with van der Waals surface area (Å²) < 4.78 is 22.2. The lowest BCUT2D eigenvalue weighted by atomic mass is 10.0. The minimum Gasteiger partial charge on any atom is -0.387 e. The van der Waals surface area contributed by atoms with Crippen molar-refractivity contribution in [2.24, 2.45) is 5.73 Å². The SMILES string of the molecule is CCCCCCCCCCCC/C=C/CC/C=C/CC/C=C/C(O)C(COP(=O)(O)OCCN)NC(=O)CCCCCCCCCCCCCCCCCCCCCCCCC. The third-order valence-corrected chi connectivity index (χ3v) is 12.9. The molecule has 0 aliphatic rings. The van der Waals surface area contributed by atoms with Crippen LogP contribution in [-0.4, -0.2) is 47.8 Å². The number of aliphatic hydroxyl groups is 1. The van der Waals surface area contributed by atoms with Crippen molar-refractivity contribution in [1.82, 2.24) is 5.32 Å². The van der Waals surface area contributed by atoms with Crippen LogP contribution >= 0.6 is 7.82 Å². The number of hydrogen-bond donors (Lipinski definition) is 4.